The maximum atomic E-state index is 15.0. The summed E-state index contributed by atoms with van der Waals surface area (Å²) in [5, 5.41) is 5.60. The van der Waals surface area contributed by atoms with Gasteiger partial charge in [0, 0.05) is 41.2 Å². The minimum Gasteiger partial charge on any atom is -0.378 e. The molecule has 3 atom stereocenters. The van der Waals surface area contributed by atoms with Crippen molar-refractivity contribution in [1.82, 2.24) is 10.3 Å². The lowest BCUT2D eigenvalue weighted by Gasteiger charge is -2.34. The minimum atomic E-state index is -1.58. The molecule has 0 unspecified atom stereocenters. The molecule has 1 aromatic carbocycles. The monoisotopic (exact) mass is 491 g/mol. The molecule has 2 heterocycles. The van der Waals surface area contributed by atoms with E-state index in [2.05, 4.69) is 20.6 Å². The fourth-order valence-electron chi connectivity index (χ4n) is 4.04. The van der Waals surface area contributed by atoms with E-state index in [1.54, 1.807) is 6.08 Å². The maximum absolute atomic E-state index is 15.0. The van der Waals surface area contributed by atoms with Crippen LogP contribution < -0.4 is 16.4 Å². The summed E-state index contributed by atoms with van der Waals surface area (Å²) in [6.07, 6.45) is 4.83. The number of anilines is 1. The summed E-state index contributed by atoms with van der Waals surface area (Å²) in [5.74, 6) is -1.94. The Morgan fingerprint density at radius 1 is 1.36 bits per heavy atom. The molecular weight excluding hydrogens is 472 g/mol. The molecule has 0 saturated heterocycles. The van der Waals surface area contributed by atoms with Gasteiger partial charge in [-0.2, -0.15) is 0 Å². The zero-order chi connectivity index (χ0) is 23.8. The number of likely N-dealkylation sites (N-methyl/N-ethyl adjacent to an activating group) is 1. The van der Waals surface area contributed by atoms with Gasteiger partial charge < -0.3 is 16.4 Å². The number of thioether (sulfide) groups is 1. The fraction of sp³-hybridized carbons (Fsp3) is 0.273. The Kier molecular flexibility index (Phi) is 6.15. The number of amidine groups is 1. The second-order valence-electron chi connectivity index (χ2n) is 7.78. The lowest BCUT2D eigenvalue weighted by Crippen LogP contribution is -2.39. The predicted octanol–water partition coefficient (Wildman–Crippen LogP) is 3.41. The van der Waals surface area contributed by atoms with Crippen molar-refractivity contribution in [1.29, 1.82) is 0 Å². The summed E-state index contributed by atoms with van der Waals surface area (Å²) in [5.41, 5.74) is 4.79. The zero-order valence-corrected chi connectivity index (χ0v) is 19.0. The number of nitrogens with two attached hydrogens (primary N) is 1. The summed E-state index contributed by atoms with van der Waals surface area (Å²) in [6.45, 7) is -0.998. The topological polar surface area (TPSA) is 109 Å². The summed E-state index contributed by atoms with van der Waals surface area (Å²) >= 11 is 7.03. The van der Waals surface area contributed by atoms with Gasteiger partial charge in [0.15, 0.2) is 5.17 Å². The standard InChI is InChI=1S/C22H20ClF2N5O2S/c1-27-18(31)6-7-21-9-17(21)22(11-24,30-20(26)33-21)14-8-13(3-4-15(14)25)29-19(32)16-5-2-12(23)10-28-16/h2-8,10,17H,9,11H2,1H3,(H2,26,30)(H,27,31)(H,29,32)/b7-6+/t17-,21+,22-/m1/s1. The van der Waals surface area contributed by atoms with Gasteiger partial charge in [-0.1, -0.05) is 29.4 Å². The van der Waals surface area contributed by atoms with E-state index < -0.39 is 34.6 Å². The highest BCUT2D eigenvalue weighted by Crippen LogP contribution is 2.66. The molecule has 0 bridgehead atoms. The third-order valence-electron chi connectivity index (χ3n) is 5.75. The average molecular weight is 492 g/mol. The predicted molar refractivity (Wildman–Crippen MR) is 125 cm³/mol. The van der Waals surface area contributed by atoms with Gasteiger partial charge in [-0.05, 0) is 36.8 Å². The maximum Gasteiger partial charge on any atom is 0.274 e. The van der Waals surface area contributed by atoms with Crippen LogP contribution in [-0.4, -0.2) is 40.4 Å². The van der Waals surface area contributed by atoms with Crippen LogP contribution in [-0.2, 0) is 10.3 Å². The molecule has 2 aromatic rings. The Labute approximate surface area is 197 Å². The number of nitrogens with zero attached hydrogens (tertiary/aromatic N) is 2. The van der Waals surface area contributed by atoms with Crippen LogP contribution in [0.15, 0.2) is 53.7 Å². The van der Waals surface area contributed by atoms with E-state index in [4.69, 9.17) is 17.3 Å². The van der Waals surface area contributed by atoms with Gasteiger partial charge in [-0.3, -0.25) is 9.59 Å². The lowest BCUT2D eigenvalue weighted by molar-refractivity contribution is -0.116. The van der Waals surface area contributed by atoms with Crippen LogP contribution in [0, 0.1) is 11.7 Å². The number of halogens is 3. The van der Waals surface area contributed by atoms with Gasteiger partial charge in [0.1, 0.15) is 23.7 Å². The first-order valence-corrected chi connectivity index (χ1v) is 11.2. The highest BCUT2D eigenvalue weighted by Gasteiger charge is 2.67. The smallest absolute Gasteiger partial charge is 0.274 e. The van der Waals surface area contributed by atoms with Crippen molar-refractivity contribution in [2.75, 3.05) is 19.0 Å². The highest BCUT2D eigenvalue weighted by molar-refractivity contribution is 8.15. The third-order valence-corrected chi connectivity index (χ3v) is 7.24. The molecule has 172 valence electrons. The molecule has 0 spiro atoms. The average Bonchev–Trinajstić information content (AvgIpc) is 3.53. The molecule has 1 aliphatic carbocycles. The van der Waals surface area contributed by atoms with E-state index in [9.17, 15) is 18.4 Å². The third kappa shape index (κ3) is 4.32. The first kappa shape index (κ1) is 23.2. The molecule has 1 fully saturated rings. The quantitative estimate of drug-likeness (QED) is 0.536. The number of aliphatic imine (C=N–C) groups is 1. The number of pyridine rings is 1. The van der Waals surface area contributed by atoms with E-state index in [1.165, 1.54) is 55.3 Å². The number of carbonyl (C=O) groups is 2. The highest BCUT2D eigenvalue weighted by atomic mass is 35.5. The Morgan fingerprint density at radius 2 is 2.15 bits per heavy atom. The number of fused-ring (bicyclic) bond motifs is 1. The number of hydrogen-bond acceptors (Lipinski definition) is 6. The van der Waals surface area contributed by atoms with Crippen LogP contribution in [0.4, 0.5) is 14.5 Å². The van der Waals surface area contributed by atoms with Crippen molar-refractivity contribution >= 4 is 46.0 Å². The number of alkyl halides is 1. The SMILES string of the molecule is CNC(=O)/C=C/[C@]12C[C@H]1[C@@](CF)(c1cc(NC(=O)c3ccc(Cl)cn3)ccc1F)N=C(N)S2. The fourth-order valence-corrected chi connectivity index (χ4v) is 5.47. The number of benzene rings is 1. The first-order chi connectivity index (χ1) is 15.7. The molecule has 0 radical (unpaired) electrons. The van der Waals surface area contributed by atoms with E-state index in [1.807, 2.05) is 0 Å². The zero-order valence-electron chi connectivity index (χ0n) is 17.4. The van der Waals surface area contributed by atoms with Crippen LogP contribution >= 0.6 is 23.4 Å². The van der Waals surface area contributed by atoms with Gasteiger partial charge in [0.05, 0.1) is 5.02 Å². The van der Waals surface area contributed by atoms with Crippen molar-refractivity contribution in [2.24, 2.45) is 16.6 Å². The Morgan fingerprint density at radius 3 is 2.82 bits per heavy atom. The van der Waals surface area contributed by atoms with Gasteiger partial charge >= 0.3 is 0 Å². The van der Waals surface area contributed by atoms with Crippen LogP contribution in [0.5, 0.6) is 0 Å². The Balaban J connectivity index is 1.67. The molecule has 33 heavy (non-hydrogen) atoms. The van der Waals surface area contributed by atoms with E-state index >= 15 is 0 Å². The number of hydrogen-bond donors (Lipinski definition) is 3. The molecule has 4 N–H and O–H groups in total. The Hall–Kier alpha value is -2.98. The van der Waals surface area contributed by atoms with Crippen molar-refractivity contribution in [3.63, 3.8) is 0 Å². The normalized spacial score (nSPS) is 25.8. The van der Waals surface area contributed by atoms with Crippen LogP contribution in [0.3, 0.4) is 0 Å². The van der Waals surface area contributed by atoms with Crippen molar-refractivity contribution in [2.45, 2.75) is 16.7 Å². The summed E-state index contributed by atoms with van der Waals surface area (Å²) in [6, 6.07) is 6.85. The molecular formula is C22H20ClF2N5O2S. The largest absolute Gasteiger partial charge is 0.378 e. The molecule has 7 nitrogen and oxygen atoms in total. The number of carbonyl (C=O) groups excluding carboxylic acids is 2. The molecule has 1 saturated carbocycles. The van der Waals surface area contributed by atoms with Gasteiger partial charge in [-0.15, -0.1) is 0 Å². The molecule has 2 aliphatic rings. The van der Waals surface area contributed by atoms with Crippen molar-refractivity contribution in [3.8, 4) is 0 Å². The lowest BCUT2D eigenvalue weighted by atomic mass is 9.84. The molecule has 2 amide bonds. The summed E-state index contributed by atoms with van der Waals surface area (Å²) in [7, 11) is 1.50. The van der Waals surface area contributed by atoms with E-state index in [-0.39, 0.29) is 28.0 Å². The van der Waals surface area contributed by atoms with E-state index in [0.29, 0.717) is 11.4 Å². The van der Waals surface area contributed by atoms with Crippen molar-refractivity contribution < 1.29 is 18.4 Å². The molecule has 1 aromatic heterocycles. The Bertz CT molecular complexity index is 1180. The summed E-state index contributed by atoms with van der Waals surface area (Å²) in [4.78, 5) is 32.5. The van der Waals surface area contributed by atoms with E-state index in [0.717, 1.165) is 6.07 Å². The number of amides is 2. The van der Waals surface area contributed by atoms with Crippen LogP contribution in [0.1, 0.15) is 22.5 Å². The minimum absolute atomic E-state index is 0.0182. The molecule has 4 rings (SSSR count). The number of nitrogens with one attached hydrogen (secondary N) is 2. The van der Waals surface area contributed by atoms with Gasteiger partial charge in [0.2, 0.25) is 5.91 Å². The second-order valence-corrected chi connectivity index (χ2v) is 9.60. The molecule has 11 heteroatoms. The number of aromatic nitrogens is 1. The molecule has 1 aliphatic heterocycles. The van der Waals surface area contributed by atoms with Gasteiger partial charge in [-0.25, -0.2) is 18.8 Å². The van der Waals surface area contributed by atoms with Crippen molar-refractivity contribution in [3.05, 3.63) is 70.8 Å². The first-order valence-electron chi connectivity index (χ1n) is 9.97. The van der Waals surface area contributed by atoms with Crippen LogP contribution in [0.25, 0.3) is 0 Å². The number of rotatable bonds is 6. The summed E-state index contributed by atoms with van der Waals surface area (Å²) < 4.78 is 29.0. The van der Waals surface area contributed by atoms with Gasteiger partial charge in [0.25, 0.3) is 5.91 Å². The van der Waals surface area contributed by atoms with Crippen LogP contribution in [0.2, 0.25) is 5.02 Å². The second kappa shape index (κ2) is 8.75.